The highest BCUT2D eigenvalue weighted by Gasteiger charge is 2.16. The zero-order valence-electron chi connectivity index (χ0n) is 17.9. The van der Waals surface area contributed by atoms with Crippen LogP contribution >= 0.6 is 28.3 Å². The van der Waals surface area contributed by atoms with Crippen molar-refractivity contribution in [1.82, 2.24) is 5.32 Å². The van der Waals surface area contributed by atoms with Crippen LogP contribution in [-0.2, 0) is 19.7 Å². The summed E-state index contributed by atoms with van der Waals surface area (Å²) in [6, 6.07) is 15.8. The van der Waals surface area contributed by atoms with Gasteiger partial charge < -0.3 is 33.7 Å². The topological polar surface area (TPSA) is 67.4 Å². The van der Waals surface area contributed by atoms with Crippen molar-refractivity contribution >= 4 is 28.3 Å². The van der Waals surface area contributed by atoms with Gasteiger partial charge >= 0.3 is 0 Å². The summed E-state index contributed by atoms with van der Waals surface area (Å²) in [5.74, 6) is 4.40. The van der Waals surface area contributed by atoms with Gasteiger partial charge in [0.1, 0.15) is 6.61 Å². The molecular formula is C24H23BrClNO6. The summed E-state index contributed by atoms with van der Waals surface area (Å²) >= 11 is 3.62. The fourth-order valence-electron chi connectivity index (χ4n) is 3.60. The lowest BCUT2D eigenvalue weighted by atomic mass is 10.1. The van der Waals surface area contributed by atoms with Crippen molar-refractivity contribution in [2.75, 3.05) is 20.7 Å². The largest absolute Gasteiger partial charge is 0.493 e. The van der Waals surface area contributed by atoms with Crippen molar-refractivity contribution in [3.8, 4) is 34.5 Å². The van der Waals surface area contributed by atoms with Crippen LogP contribution in [0.3, 0.4) is 0 Å². The van der Waals surface area contributed by atoms with Gasteiger partial charge in [0, 0.05) is 13.1 Å². The molecule has 2 aliphatic heterocycles. The predicted molar refractivity (Wildman–Crippen MR) is 128 cm³/mol. The van der Waals surface area contributed by atoms with E-state index in [1.807, 2.05) is 48.5 Å². The molecule has 0 aromatic heterocycles. The number of halogens is 2. The molecule has 0 saturated heterocycles. The van der Waals surface area contributed by atoms with Crippen LogP contribution in [-0.4, -0.2) is 20.7 Å². The lowest BCUT2D eigenvalue weighted by molar-refractivity contribution is 0.173. The zero-order valence-corrected chi connectivity index (χ0v) is 20.3. The molecule has 0 spiro atoms. The average Bonchev–Trinajstić information content (AvgIpc) is 3.46. The predicted octanol–water partition coefficient (Wildman–Crippen LogP) is 5.21. The first-order valence-corrected chi connectivity index (χ1v) is 11.0. The van der Waals surface area contributed by atoms with Gasteiger partial charge in [0.2, 0.25) is 13.6 Å². The third kappa shape index (κ3) is 5.24. The van der Waals surface area contributed by atoms with Gasteiger partial charge in [-0.1, -0.05) is 12.1 Å². The van der Waals surface area contributed by atoms with E-state index in [0.29, 0.717) is 31.2 Å². The summed E-state index contributed by atoms with van der Waals surface area (Å²) in [5, 5.41) is 3.45. The number of ether oxygens (including phenoxy) is 6. The van der Waals surface area contributed by atoms with Crippen LogP contribution in [0.25, 0.3) is 0 Å². The summed E-state index contributed by atoms with van der Waals surface area (Å²) in [5.41, 5.74) is 3.19. The van der Waals surface area contributed by atoms with Crippen molar-refractivity contribution in [3.05, 3.63) is 69.7 Å². The van der Waals surface area contributed by atoms with Crippen LogP contribution in [0.4, 0.5) is 0 Å². The monoisotopic (exact) mass is 535 g/mol. The summed E-state index contributed by atoms with van der Waals surface area (Å²) < 4.78 is 34.1. The molecule has 1 N–H and O–H groups in total. The molecule has 0 radical (unpaired) electrons. The number of fused-ring (bicyclic) bond motifs is 2. The molecule has 2 heterocycles. The van der Waals surface area contributed by atoms with E-state index >= 15 is 0 Å². The molecule has 0 unspecified atom stereocenters. The molecule has 5 rings (SSSR count). The summed E-state index contributed by atoms with van der Waals surface area (Å²) in [7, 11) is 1.64. The molecule has 3 aromatic rings. The molecule has 33 heavy (non-hydrogen) atoms. The van der Waals surface area contributed by atoms with Gasteiger partial charge in [-0.2, -0.15) is 0 Å². The molecule has 3 aromatic carbocycles. The smallest absolute Gasteiger partial charge is 0.231 e. The standard InChI is InChI=1S/C24H22BrNO6.ClH/c1-27-23-9-17(11-26-10-15-2-4-19-21(7-15)31-13-29-19)6-18(25)24(23)28-12-16-3-5-20-22(8-16)32-14-30-20;/h2-9,26H,10-14H2,1H3;1H. The quantitative estimate of drug-likeness (QED) is 0.424. The Hall–Kier alpha value is -2.81. The number of hydrogen-bond acceptors (Lipinski definition) is 7. The summed E-state index contributed by atoms with van der Waals surface area (Å²) in [6.45, 7) is 2.30. The van der Waals surface area contributed by atoms with Crippen LogP contribution in [0.5, 0.6) is 34.5 Å². The van der Waals surface area contributed by atoms with Crippen LogP contribution in [0.2, 0.25) is 0 Å². The molecule has 0 saturated carbocycles. The minimum absolute atomic E-state index is 0. The third-order valence-electron chi connectivity index (χ3n) is 5.20. The maximum absolute atomic E-state index is 6.06. The van der Waals surface area contributed by atoms with Crippen LogP contribution < -0.4 is 33.7 Å². The van der Waals surface area contributed by atoms with Crippen LogP contribution in [0.15, 0.2) is 53.0 Å². The SMILES string of the molecule is COc1cc(CNCc2ccc3c(c2)OCO3)cc(Br)c1OCc1ccc2c(c1)OCO2.Cl. The number of hydrogen-bond donors (Lipinski definition) is 1. The molecule has 0 amide bonds. The molecule has 174 valence electrons. The van der Waals surface area contributed by atoms with Crippen LogP contribution in [0, 0.1) is 0 Å². The zero-order chi connectivity index (χ0) is 21.9. The maximum Gasteiger partial charge on any atom is 0.231 e. The van der Waals surface area contributed by atoms with Gasteiger partial charge in [-0.05, 0) is 69.0 Å². The van der Waals surface area contributed by atoms with E-state index in [1.54, 1.807) is 7.11 Å². The van der Waals surface area contributed by atoms with E-state index in [4.69, 9.17) is 28.4 Å². The molecule has 2 aliphatic rings. The van der Waals surface area contributed by atoms with E-state index in [2.05, 4.69) is 21.2 Å². The van der Waals surface area contributed by atoms with E-state index in [9.17, 15) is 0 Å². The number of methoxy groups -OCH3 is 1. The number of nitrogens with one attached hydrogen (secondary N) is 1. The first kappa shape index (κ1) is 23.4. The molecule has 7 nitrogen and oxygen atoms in total. The Morgan fingerprint density at radius 3 is 2.09 bits per heavy atom. The Morgan fingerprint density at radius 2 is 1.39 bits per heavy atom. The van der Waals surface area contributed by atoms with Crippen molar-refractivity contribution in [2.24, 2.45) is 0 Å². The molecule has 0 aliphatic carbocycles. The van der Waals surface area contributed by atoms with Gasteiger partial charge in [-0.3, -0.25) is 0 Å². The maximum atomic E-state index is 6.06. The first-order valence-electron chi connectivity index (χ1n) is 10.2. The van der Waals surface area contributed by atoms with E-state index in [0.717, 1.165) is 44.2 Å². The van der Waals surface area contributed by atoms with Gasteiger partial charge in [-0.25, -0.2) is 0 Å². The van der Waals surface area contributed by atoms with Gasteiger partial charge in [0.25, 0.3) is 0 Å². The Morgan fingerprint density at radius 1 is 0.788 bits per heavy atom. The Balaban J connectivity index is 0.00000259. The second kappa shape index (κ2) is 10.4. The summed E-state index contributed by atoms with van der Waals surface area (Å²) in [6.07, 6.45) is 0. The minimum Gasteiger partial charge on any atom is -0.493 e. The van der Waals surface area contributed by atoms with E-state index < -0.39 is 0 Å². The molecule has 0 bridgehead atoms. The fraction of sp³-hybridized carbons (Fsp3) is 0.250. The Kier molecular flexibility index (Phi) is 7.37. The third-order valence-corrected chi connectivity index (χ3v) is 5.79. The number of rotatable bonds is 8. The molecule has 9 heteroatoms. The second-order valence-electron chi connectivity index (χ2n) is 7.38. The Labute approximate surface area is 206 Å². The number of benzene rings is 3. The highest BCUT2D eigenvalue weighted by Crippen LogP contribution is 2.38. The molecular weight excluding hydrogens is 514 g/mol. The van der Waals surface area contributed by atoms with Crippen molar-refractivity contribution < 1.29 is 28.4 Å². The molecule has 0 atom stereocenters. The molecule has 0 fully saturated rings. The second-order valence-corrected chi connectivity index (χ2v) is 8.23. The van der Waals surface area contributed by atoms with Gasteiger partial charge in [0.15, 0.2) is 34.5 Å². The first-order chi connectivity index (χ1) is 15.7. The van der Waals surface area contributed by atoms with Crippen molar-refractivity contribution in [3.63, 3.8) is 0 Å². The highest BCUT2D eigenvalue weighted by molar-refractivity contribution is 9.10. The van der Waals surface area contributed by atoms with E-state index in [-0.39, 0.29) is 26.0 Å². The lowest BCUT2D eigenvalue weighted by Gasteiger charge is -2.15. The van der Waals surface area contributed by atoms with E-state index in [1.165, 1.54) is 0 Å². The van der Waals surface area contributed by atoms with Crippen molar-refractivity contribution in [2.45, 2.75) is 19.7 Å². The van der Waals surface area contributed by atoms with Gasteiger partial charge in [0.05, 0.1) is 11.6 Å². The van der Waals surface area contributed by atoms with Crippen molar-refractivity contribution in [1.29, 1.82) is 0 Å². The van der Waals surface area contributed by atoms with Gasteiger partial charge in [-0.15, -0.1) is 12.4 Å². The minimum atomic E-state index is 0. The van der Waals surface area contributed by atoms with Crippen LogP contribution in [0.1, 0.15) is 16.7 Å². The summed E-state index contributed by atoms with van der Waals surface area (Å²) in [4.78, 5) is 0. The highest BCUT2D eigenvalue weighted by atomic mass is 79.9. The Bertz CT molecular complexity index is 1140. The lowest BCUT2D eigenvalue weighted by Crippen LogP contribution is -2.13. The normalized spacial score (nSPS) is 12.9. The average molecular weight is 537 g/mol. The fourth-order valence-corrected chi connectivity index (χ4v) is 4.21.